The Morgan fingerprint density at radius 1 is 1.64 bits per heavy atom. The predicted molar refractivity (Wildman–Crippen MR) is 52.9 cm³/mol. The van der Waals surface area contributed by atoms with Crippen LogP contribution in [-0.2, 0) is 9.53 Å². The first-order valence-electron chi connectivity index (χ1n) is 4.95. The highest BCUT2D eigenvalue weighted by Crippen LogP contribution is 2.20. The maximum Gasteiger partial charge on any atom is 0.228 e. The summed E-state index contributed by atoms with van der Waals surface area (Å²) in [6.07, 6.45) is 0.796. The Balaban J connectivity index is 2.59. The van der Waals surface area contributed by atoms with E-state index in [-0.39, 0.29) is 18.4 Å². The number of hydrogen-bond acceptors (Lipinski definition) is 3. The van der Waals surface area contributed by atoms with Crippen molar-refractivity contribution >= 4 is 5.91 Å². The van der Waals surface area contributed by atoms with E-state index in [1.807, 2.05) is 13.8 Å². The second-order valence-electron chi connectivity index (χ2n) is 4.43. The summed E-state index contributed by atoms with van der Waals surface area (Å²) < 4.78 is 5.16. The zero-order chi connectivity index (χ0) is 10.8. The lowest BCUT2D eigenvalue weighted by Crippen LogP contribution is -2.49. The van der Waals surface area contributed by atoms with E-state index in [9.17, 15) is 4.79 Å². The van der Waals surface area contributed by atoms with Gasteiger partial charge in [-0.2, -0.15) is 0 Å². The molecule has 4 heteroatoms. The molecule has 0 aliphatic carbocycles. The monoisotopic (exact) mass is 201 g/mol. The molecule has 0 aromatic heterocycles. The molecule has 1 fully saturated rings. The molecule has 82 valence electrons. The maximum absolute atomic E-state index is 11.9. The van der Waals surface area contributed by atoms with Crippen LogP contribution >= 0.6 is 0 Å². The minimum Gasteiger partial charge on any atom is -0.394 e. The molecular formula is C10H19NO3. The van der Waals surface area contributed by atoms with Crippen molar-refractivity contribution in [3.8, 4) is 0 Å². The maximum atomic E-state index is 11.9. The molecule has 1 heterocycles. The quantitative estimate of drug-likeness (QED) is 0.712. The Morgan fingerprint density at radius 2 is 2.29 bits per heavy atom. The molecule has 0 radical (unpaired) electrons. The van der Waals surface area contributed by atoms with E-state index in [1.165, 1.54) is 0 Å². The van der Waals surface area contributed by atoms with Gasteiger partial charge in [-0.1, -0.05) is 0 Å². The SMILES string of the molecule is CN(C(=O)C1CCOC1)C(C)(C)CO. The second-order valence-corrected chi connectivity index (χ2v) is 4.43. The largest absolute Gasteiger partial charge is 0.394 e. The summed E-state index contributed by atoms with van der Waals surface area (Å²) in [5, 5.41) is 9.13. The number of hydrogen-bond donors (Lipinski definition) is 1. The summed E-state index contributed by atoms with van der Waals surface area (Å²) >= 11 is 0. The van der Waals surface area contributed by atoms with Crippen LogP contribution in [0.2, 0.25) is 0 Å². The van der Waals surface area contributed by atoms with E-state index in [2.05, 4.69) is 0 Å². The molecule has 4 nitrogen and oxygen atoms in total. The molecule has 14 heavy (non-hydrogen) atoms. The smallest absolute Gasteiger partial charge is 0.228 e. The van der Waals surface area contributed by atoms with Crippen molar-refractivity contribution in [2.75, 3.05) is 26.9 Å². The van der Waals surface area contributed by atoms with Gasteiger partial charge in [0.1, 0.15) is 0 Å². The van der Waals surface area contributed by atoms with E-state index < -0.39 is 5.54 Å². The second kappa shape index (κ2) is 4.28. The molecule has 0 spiro atoms. The zero-order valence-electron chi connectivity index (χ0n) is 9.12. The highest BCUT2D eigenvalue weighted by molar-refractivity contribution is 5.79. The Morgan fingerprint density at radius 3 is 2.71 bits per heavy atom. The lowest BCUT2D eigenvalue weighted by atomic mass is 10.0. The van der Waals surface area contributed by atoms with Crippen molar-refractivity contribution in [3.05, 3.63) is 0 Å². The van der Waals surface area contributed by atoms with Gasteiger partial charge in [0.05, 0.1) is 24.7 Å². The van der Waals surface area contributed by atoms with Crippen LogP contribution in [0, 0.1) is 5.92 Å². The summed E-state index contributed by atoms with van der Waals surface area (Å²) in [5.41, 5.74) is -0.486. The molecule has 1 N–H and O–H groups in total. The van der Waals surface area contributed by atoms with Crippen molar-refractivity contribution in [1.82, 2.24) is 4.90 Å². The fraction of sp³-hybridized carbons (Fsp3) is 0.900. The lowest BCUT2D eigenvalue weighted by Gasteiger charge is -2.35. The Hall–Kier alpha value is -0.610. The van der Waals surface area contributed by atoms with Crippen molar-refractivity contribution < 1.29 is 14.6 Å². The summed E-state index contributed by atoms with van der Waals surface area (Å²) in [4.78, 5) is 13.5. The van der Waals surface area contributed by atoms with Crippen LogP contribution in [0.25, 0.3) is 0 Å². The number of ether oxygens (including phenoxy) is 1. The third-order valence-electron chi connectivity index (χ3n) is 2.90. The molecule has 0 aromatic carbocycles. The summed E-state index contributed by atoms with van der Waals surface area (Å²) in [6, 6.07) is 0. The fourth-order valence-corrected chi connectivity index (χ4v) is 1.41. The third kappa shape index (κ3) is 2.25. The van der Waals surface area contributed by atoms with E-state index >= 15 is 0 Å². The van der Waals surface area contributed by atoms with Gasteiger partial charge < -0.3 is 14.7 Å². The topological polar surface area (TPSA) is 49.8 Å². The molecule has 0 aromatic rings. The van der Waals surface area contributed by atoms with Crippen molar-refractivity contribution in [2.24, 2.45) is 5.92 Å². The molecule has 1 amide bonds. The Bertz CT molecular complexity index is 209. The highest BCUT2D eigenvalue weighted by atomic mass is 16.5. The average Bonchev–Trinajstić information content (AvgIpc) is 2.68. The van der Waals surface area contributed by atoms with Gasteiger partial charge in [0.15, 0.2) is 0 Å². The molecular weight excluding hydrogens is 182 g/mol. The van der Waals surface area contributed by atoms with Gasteiger partial charge in [-0.25, -0.2) is 0 Å². The average molecular weight is 201 g/mol. The number of nitrogens with zero attached hydrogens (tertiary/aromatic N) is 1. The van der Waals surface area contributed by atoms with Gasteiger partial charge in [0.2, 0.25) is 5.91 Å². The van der Waals surface area contributed by atoms with Crippen LogP contribution in [0.5, 0.6) is 0 Å². The number of carbonyl (C=O) groups excluding carboxylic acids is 1. The number of carbonyl (C=O) groups is 1. The number of aliphatic hydroxyl groups excluding tert-OH is 1. The summed E-state index contributed by atoms with van der Waals surface area (Å²) in [6.45, 7) is 4.86. The number of rotatable bonds is 3. The van der Waals surface area contributed by atoms with Crippen LogP contribution in [0.1, 0.15) is 20.3 Å². The molecule has 1 aliphatic rings. The van der Waals surface area contributed by atoms with Gasteiger partial charge >= 0.3 is 0 Å². The van der Waals surface area contributed by atoms with Crippen LogP contribution in [0.4, 0.5) is 0 Å². The van der Waals surface area contributed by atoms with Crippen molar-refractivity contribution in [1.29, 1.82) is 0 Å². The minimum atomic E-state index is -0.486. The van der Waals surface area contributed by atoms with E-state index in [4.69, 9.17) is 9.84 Å². The molecule has 1 atom stereocenters. The van der Waals surface area contributed by atoms with E-state index in [0.29, 0.717) is 13.2 Å². The number of likely N-dealkylation sites (N-methyl/N-ethyl adjacent to an activating group) is 1. The Kier molecular flexibility index (Phi) is 3.50. The zero-order valence-corrected chi connectivity index (χ0v) is 9.12. The van der Waals surface area contributed by atoms with Crippen molar-refractivity contribution in [2.45, 2.75) is 25.8 Å². The first-order chi connectivity index (χ1) is 6.49. The summed E-state index contributed by atoms with van der Waals surface area (Å²) in [7, 11) is 1.73. The molecule has 0 bridgehead atoms. The van der Waals surface area contributed by atoms with Gasteiger partial charge in [-0.05, 0) is 20.3 Å². The predicted octanol–water partition coefficient (Wildman–Crippen LogP) is 0.252. The van der Waals surface area contributed by atoms with Crippen LogP contribution in [0.3, 0.4) is 0 Å². The lowest BCUT2D eigenvalue weighted by molar-refractivity contribution is -0.140. The van der Waals surface area contributed by atoms with Gasteiger partial charge in [-0.15, -0.1) is 0 Å². The van der Waals surface area contributed by atoms with Crippen LogP contribution < -0.4 is 0 Å². The molecule has 1 saturated heterocycles. The molecule has 0 saturated carbocycles. The standard InChI is InChI=1S/C10H19NO3/c1-10(2,7-12)11(3)9(13)8-4-5-14-6-8/h8,12H,4-7H2,1-3H3. The molecule has 1 unspecified atom stereocenters. The van der Waals surface area contributed by atoms with Crippen LogP contribution in [0.15, 0.2) is 0 Å². The van der Waals surface area contributed by atoms with Gasteiger partial charge in [-0.3, -0.25) is 4.79 Å². The first kappa shape index (κ1) is 11.5. The van der Waals surface area contributed by atoms with Gasteiger partial charge in [0, 0.05) is 13.7 Å². The first-order valence-corrected chi connectivity index (χ1v) is 4.95. The summed E-state index contributed by atoms with van der Waals surface area (Å²) in [5.74, 6) is 0.0485. The fourth-order valence-electron chi connectivity index (χ4n) is 1.41. The third-order valence-corrected chi connectivity index (χ3v) is 2.90. The molecule has 1 aliphatic heterocycles. The Labute approximate surface area is 84.8 Å². The minimum absolute atomic E-state index is 0.0224. The van der Waals surface area contributed by atoms with Crippen molar-refractivity contribution in [3.63, 3.8) is 0 Å². The normalized spacial score (nSPS) is 22.4. The van der Waals surface area contributed by atoms with Gasteiger partial charge in [0.25, 0.3) is 0 Å². The van der Waals surface area contributed by atoms with Crippen LogP contribution in [-0.4, -0.2) is 48.3 Å². The number of aliphatic hydroxyl groups is 1. The molecule has 1 rings (SSSR count). The number of amides is 1. The van der Waals surface area contributed by atoms with E-state index in [1.54, 1.807) is 11.9 Å². The highest BCUT2D eigenvalue weighted by Gasteiger charge is 2.33. The van der Waals surface area contributed by atoms with E-state index in [0.717, 1.165) is 6.42 Å².